The van der Waals surface area contributed by atoms with Gasteiger partial charge in [0.25, 0.3) is 0 Å². The number of hydrogen-bond donors (Lipinski definition) is 1. The summed E-state index contributed by atoms with van der Waals surface area (Å²) >= 11 is 28.1. The topological polar surface area (TPSA) is 89.4 Å². The Kier molecular flexibility index (Phi) is 12.0. The Morgan fingerprint density at radius 1 is 0.711 bits per heavy atom. The van der Waals surface area contributed by atoms with Crippen molar-refractivity contribution < 1.29 is 26.3 Å². The lowest BCUT2D eigenvalue weighted by Crippen LogP contribution is -2.11. The van der Waals surface area contributed by atoms with Crippen molar-refractivity contribution >= 4 is 75.2 Å². The second kappa shape index (κ2) is 14.2. The van der Waals surface area contributed by atoms with Crippen LogP contribution in [-0.2, 0) is 18.9 Å². The first-order valence-corrected chi connectivity index (χ1v) is 12.2. The summed E-state index contributed by atoms with van der Waals surface area (Å²) in [4.78, 5) is 21.4. The molecular weight excluding hydrogens is 650 g/mol. The summed E-state index contributed by atoms with van der Waals surface area (Å²) in [5, 5.41) is 3.82. The van der Waals surface area contributed by atoms with E-state index < -0.39 is 34.0 Å². The van der Waals surface area contributed by atoms with E-state index >= 15 is 0 Å². The van der Waals surface area contributed by atoms with Gasteiger partial charge in [0.1, 0.15) is 21.3 Å². The van der Waals surface area contributed by atoms with Crippen LogP contribution in [0.5, 0.6) is 0 Å². The molecule has 4 aromatic heterocycles. The van der Waals surface area contributed by atoms with Crippen LogP contribution in [0.1, 0.15) is 16.3 Å². The molecule has 0 aliphatic heterocycles. The summed E-state index contributed by atoms with van der Waals surface area (Å²) < 4.78 is 73.0. The minimum absolute atomic E-state index is 0.173. The quantitative estimate of drug-likeness (QED) is 0.221. The maximum absolute atomic E-state index is 12.4. The van der Waals surface area contributed by atoms with Crippen LogP contribution in [0.2, 0.25) is 25.8 Å². The molecule has 0 atom stereocenters. The molecule has 0 unspecified atom stereocenters. The maximum atomic E-state index is 12.4. The zero-order valence-electron chi connectivity index (χ0n) is 18.0. The van der Waals surface area contributed by atoms with Crippen molar-refractivity contribution in [3.8, 4) is 0 Å². The molecule has 0 bridgehead atoms. The van der Waals surface area contributed by atoms with Crippen LogP contribution in [-0.4, -0.2) is 29.9 Å². The zero-order valence-corrected chi connectivity index (χ0v) is 22.6. The normalized spacial score (nSPS) is 11.1. The molecule has 7 nitrogen and oxygen atoms in total. The molecule has 4 aromatic rings. The van der Waals surface area contributed by atoms with Crippen LogP contribution >= 0.6 is 69.3 Å². The molecule has 0 fully saturated rings. The van der Waals surface area contributed by atoms with E-state index in [1.165, 1.54) is 23.7 Å². The molecule has 4 rings (SSSR count). The molecule has 0 aromatic carbocycles. The van der Waals surface area contributed by atoms with Gasteiger partial charge in [0.2, 0.25) is 0 Å². The molecule has 19 heteroatoms. The molecule has 0 amide bonds. The van der Waals surface area contributed by atoms with E-state index in [4.69, 9.17) is 58.0 Å². The minimum Gasteiger partial charge on any atom is -0.364 e. The Labute approximate surface area is 239 Å². The summed E-state index contributed by atoms with van der Waals surface area (Å²) in [7, 11) is 0. The highest BCUT2D eigenvalue weighted by Crippen LogP contribution is 2.33. The van der Waals surface area contributed by atoms with Crippen molar-refractivity contribution in [1.82, 2.24) is 29.9 Å². The smallest absolute Gasteiger partial charge is 0.364 e. The van der Waals surface area contributed by atoms with E-state index in [0.717, 1.165) is 17.3 Å². The lowest BCUT2D eigenvalue weighted by molar-refractivity contribution is -0.142. The molecule has 0 aliphatic rings. The Morgan fingerprint density at radius 2 is 1.24 bits per heavy atom. The fourth-order valence-electron chi connectivity index (χ4n) is 2.09. The summed E-state index contributed by atoms with van der Waals surface area (Å²) in [6.45, 7) is 0.466. The number of anilines is 1. The molecule has 0 radical (unpaired) electrons. The average molecular weight is 660 g/mol. The van der Waals surface area contributed by atoms with Crippen LogP contribution in [0, 0.1) is 0 Å². The predicted molar refractivity (Wildman–Crippen MR) is 133 cm³/mol. The summed E-state index contributed by atoms with van der Waals surface area (Å²) in [5.41, 5.74) is -2.40. The van der Waals surface area contributed by atoms with Crippen molar-refractivity contribution in [2.75, 3.05) is 5.32 Å². The Morgan fingerprint density at radius 3 is 1.66 bits per heavy atom. The molecular formula is C19H10Cl5F6N7S. The number of halogens is 11. The number of rotatable bonds is 3. The first kappa shape index (κ1) is 32.0. The van der Waals surface area contributed by atoms with Gasteiger partial charge in [-0.25, -0.2) is 24.9 Å². The van der Waals surface area contributed by atoms with Gasteiger partial charge in [-0.05, 0) is 11.4 Å². The largest absolute Gasteiger partial charge is 0.436 e. The van der Waals surface area contributed by atoms with Crippen LogP contribution in [0.4, 0.5) is 32.2 Å². The summed E-state index contributed by atoms with van der Waals surface area (Å²) in [6, 6.07) is 3.78. The number of nitrogens with zero attached hydrogens (tertiary/aromatic N) is 6. The molecule has 0 spiro atoms. The zero-order chi connectivity index (χ0) is 28.5. The molecule has 1 N–H and O–H groups in total. The summed E-state index contributed by atoms with van der Waals surface area (Å²) in [6.07, 6.45) is -4.52. The van der Waals surface area contributed by atoms with Crippen LogP contribution < -0.4 is 5.32 Å². The monoisotopic (exact) mass is 657 g/mol. The third-order valence-electron chi connectivity index (χ3n) is 3.57. The number of alkyl halides is 6. The first-order chi connectivity index (χ1) is 17.7. The van der Waals surface area contributed by atoms with Crippen molar-refractivity contribution in [1.29, 1.82) is 0 Å². The van der Waals surface area contributed by atoms with Gasteiger partial charge in [-0.15, -0.1) is 11.3 Å². The number of aromatic nitrogens is 6. The van der Waals surface area contributed by atoms with Crippen LogP contribution in [0.25, 0.3) is 0 Å². The minimum atomic E-state index is -4.59. The maximum Gasteiger partial charge on any atom is 0.436 e. The van der Waals surface area contributed by atoms with Gasteiger partial charge in [-0.2, -0.15) is 26.3 Å². The van der Waals surface area contributed by atoms with E-state index in [1.807, 2.05) is 17.5 Å². The van der Waals surface area contributed by atoms with Crippen molar-refractivity contribution in [3.63, 3.8) is 0 Å². The average Bonchev–Trinajstić information content (AvgIpc) is 3.30. The lowest BCUT2D eigenvalue weighted by atomic mass is 10.4. The number of thiophene rings is 1. The van der Waals surface area contributed by atoms with E-state index in [0.29, 0.717) is 16.9 Å². The van der Waals surface area contributed by atoms with Crippen molar-refractivity contribution in [2.24, 2.45) is 0 Å². The van der Waals surface area contributed by atoms with Crippen LogP contribution in [0.15, 0.2) is 42.3 Å². The van der Waals surface area contributed by atoms with E-state index in [1.54, 1.807) is 0 Å². The Bertz CT molecular complexity index is 1310. The SMILES string of the molecule is Clc1cncc(Cl)n1.FC(F)(F)c1ncc(Cl)nc1Cl.FC(F)(F)c1ncc(NCc2cccs2)nc1Cl. The van der Waals surface area contributed by atoms with Crippen molar-refractivity contribution in [3.05, 3.63) is 84.3 Å². The second-order valence-electron chi connectivity index (χ2n) is 6.32. The van der Waals surface area contributed by atoms with E-state index in [-0.39, 0.29) is 11.0 Å². The van der Waals surface area contributed by atoms with E-state index in [2.05, 4.69) is 35.2 Å². The second-order valence-corrected chi connectivity index (χ2v) is 9.23. The predicted octanol–water partition coefficient (Wildman–Crippen LogP) is 8.41. The standard InChI is InChI=1S/C10H7ClF3N3S.C5HCl2F3N2.C4H2Cl2N2/c11-9-8(10(12,13)14)16-5-7(17-9)15-4-6-2-1-3-18-6;6-2-1-11-3(4(7)12-2)5(8,9)10;5-3-1-7-2-4(6)8-3/h1-3,5H,4H2,(H,15,17);1H;1-2H. The highest BCUT2D eigenvalue weighted by molar-refractivity contribution is 7.09. The summed E-state index contributed by atoms with van der Waals surface area (Å²) in [5.74, 6) is 0.210. The van der Waals surface area contributed by atoms with Gasteiger partial charge in [-0.3, -0.25) is 4.98 Å². The van der Waals surface area contributed by atoms with Gasteiger partial charge >= 0.3 is 12.4 Å². The lowest BCUT2D eigenvalue weighted by Gasteiger charge is -2.09. The number of nitrogens with one attached hydrogen (secondary N) is 1. The molecule has 0 saturated carbocycles. The molecule has 38 heavy (non-hydrogen) atoms. The first-order valence-electron chi connectivity index (χ1n) is 9.41. The molecule has 0 aliphatic carbocycles. The van der Waals surface area contributed by atoms with E-state index in [9.17, 15) is 26.3 Å². The van der Waals surface area contributed by atoms with Gasteiger partial charge in [0.05, 0.1) is 31.3 Å². The molecule has 204 valence electrons. The van der Waals surface area contributed by atoms with Crippen molar-refractivity contribution in [2.45, 2.75) is 18.9 Å². The van der Waals surface area contributed by atoms with Crippen LogP contribution in [0.3, 0.4) is 0 Å². The highest BCUT2D eigenvalue weighted by Gasteiger charge is 2.36. The molecule has 4 heterocycles. The third kappa shape index (κ3) is 10.9. The third-order valence-corrected chi connectivity index (χ3v) is 5.52. The van der Waals surface area contributed by atoms with Gasteiger partial charge < -0.3 is 5.32 Å². The Hall–Kier alpha value is -2.23. The Balaban J connectivity index is 0.000000218. The molecule has 0 saturated heterocycles. The fraction of sp³-hybridized carbons (Fsp3) is 0.158. The fourth-order valence-corrected chi connectivity index (χ4v) is 3.74. The van der Waals surface area contributed by atoms with Gasteiger partial charge in [0.15, 0.2) is 21.7 Å². The van der Waals surface area contributed by atoms with Gasteiger partial charge in [0, 0.05) is 4.88 Å². The van der Waals surface area contributed by atoms with Gasteiger partial charge in [-0.1, -0.05) is 64.1 Å². The highest BCUT2D eigenvalue weighted by atomic mass is 35.5. The number of hydrogen-bond acceptors (Lipinski definition) is 8.